The minimum absolute atomic E-state index is 0. The SMILES string of the molecule is CC#N.Cc1cc[n+](C)c(-c2c(C)cc(F)cc2F)c1.Cc1cc[n+](C)c(-c2c(C)cc(F)cc2F)c1.[CH2-][P+](OCCC)(c1ccccc1)c1ccccc1.[Ir]. The van der Waals surface area contributed by atoms with Crippen molar-refractivity contribution in [3.8, 4) is 28.6 Å². The molecule has 4 nitrogen and oxygen atoms in total. The predicted octanol–water partition coefficient (Wildman–Crippen LogP) is 10.5. The molecule has 0 bridgehead atoms. The second-order valence-corrected chi connectivity index (χ2v) is 15.8. The van der Waals surface area contributed by atoms with Gasteiger partial charge in [0.25, 0.3) is 0 Å². The molecule has 4 aromatic carbocycles. The zero-order valence-electron chi connectivity index (χ0n) is 33.2. The molecule has 0 fully saturated rings. The summed E-state index contributed by atoms with van der Waals surface area (Å²) in [5, 5.41) is 9.72. The van der Waals surface area contributed by atoms with Gasteiger partial charge in [-0.15, -0.1) is 6.66 Å². The summed E-state index contributed by atoms with van der Waals surface area (Å²) < 4.78 is 63.6. The van der Waals surface area contributed by atoms with Crippen molar-refractivity contribution in [2.45, 2.75) is 48.0 Å². The quantitative estimate of drug-likeness (QED) is 0.0692. The van der Waals surface area contributed by atoms with E-state index in [1.165, 1.54) is 29.7 Å². The molecule has 0 aliphatic rings. The molecule has 10 heteroatoms. The van der Waals surface area contributed by atoms with E-state index in [1.54, 1.807) is 19.9 Å². The maximum Gasteiger partial charge on any atom is 0.215 e. The van der Waals surface area contributed by atoms with E-state index in [-0.39, 0.29) is 20.1 Å². The van der Waals surface area contributed by atoms with Crippen molar-refractivity contribution in [2.75, 3.05) is 6.61 Å². The molecule has 6 rings (SSSR count). The molecule has 0 N–H and O–H groups in total. The zero-order chi connectivity index (χ0) is 40.7. The van der Waals surface area contributed by atoms with Gasteiger partial charge in [0, 0.05) is 63.4 Å². The summed E-state index contributed by atoms with van der Waals surface area (Å²) in [6.07, 6.45) is 4.75. The fourth-order valence-corrected chi connectivity index (χ4v) is 8.18. The van der Waals surface area contributed by atoms with Gasteiger partial charge in [0.2, 0.25) is 11.4 Å². The Morgan fingerprint density at radius 3 is 1.32 bits per heavy atom. The van der Waals surface area contributed by atoms with Crippen LogP contribution in [0.3, 0.4) is 0 Å². The number of benzene rings is 4. The molecule has 0 saturated heterocycles. The molecule has 56 heavy (non-hydrogen) atoms. The number of pyridine rings is 2. The number of hydrogen-bond acceptors (Lipinski definition) is 2. The monoisotopic (exact) mass is 960 g/mol. The summed E-state index contributed by atoms with van der Waals surface area (Å²) in [6, 6.07) is 34.7. The second kappa shape index (κ2) is 22.9. The van der Waals surface area contributed by atoms with E-state index in [9.17, 15) is 17.6 Å². The van der Waals surface area contributed by atoms with Gasteiger partial charge in [-0.3, -0.25) is 4.52 Å². The fraction of sp³-hybridized carbons (Fsp3) is 0.217. The molecule has 6 aromatic rings. The Labute approximate surface area is 344 Å². The maximum atomic E-state index is 13.9. The van der Waals surface area contributed by atoms with Crippen LogP contribution in [-0.4, -0.2) is 6.61 Å². The van der Waals surface area contributed by atoms with Crippen molar-refractivity contribution in [1.29, 1.82) is 5.26 Å². The van der Waals surface area contributed by atoms with Gasteiger partial charge >= 0.3 is 0 Å². The fourth-order valence-electron chi connectivity index (χ4n) is 5.78. The Morgan fingerprint density at radius 1 is 0.643 bits per heavy atom. The Bertz CT molecular complexity index is 2020. The molecule has 0 spiro atoms. The number of hydrogen-bond donors (Lipinski definition) is 0. The average molecular weight is 960 g/mol. The van der Waals surface area contributed by atoms with Crippen LogP contribution in [0.25, 0.3) is 22.5 Å². The van der Waals surface area contributed by atoms with Gasteiger partial charge in [0.05, 0.1) is 41.9 Å². The first-order chi connectivity index (χ1) is 26.2. The Morgan fingerprint density at radius 2 is 1.00 bits per heavy atom. The summed E-state index contributed by atoms with van der Waals surface area (Å²) in [7, 11) is 1.75. The molecule has 0 amide bonds. The number of nitrogens with zero attached hydrogens (tertiary/aromatic N) is 3. The van der Waals surface area contributed by atoms with Gasteiger partial charge in [0.1, 0.15) is 37.4 Å². The number of aryl methyl sites for hydroxylation is 6. The van der Waals surface area contributed by atoms with Crippen molar-refractivity contribution < 1.29 is 51.3 Å². The summed E-state index contributed by atoms with van der Waals surface area (Å²) in [5.41, 5.74) is 5.70. The normalized spacial score (nSPS) is 10.3. The molecule has 295 valence electrons. The average Bonchev–Trinajstić information content (AvgIpc) is 3.14. The third kappa shape index (κ3) is 13.0. The third-order valence-electron chi connectivity index (χ3n) is 8.49. The second-order valence-electron chi connectivity index (χ2n) is 13.0. The molecule has 2 heterocycles. The first-order valence-electron chi connectivity index (χ1n) is 17.8. The molecule has 0 aliphatic carbocycles. The summed E-state index contributed by atoms with van der Waals surface area (Å²) in [4.78, 5) is 0. The Balaban J connectivity index is 0.000000278. The van der Waals surface area contributed by atoms with Crippen LogP contribution in [0.15, 0.2) is 122 Å². The van der Waals surface area contributed by atoms with E-state index in [4.69, 9.17) is 9.79 Å². The number of aromatic nitrogens is 2. The van der Waals surface area contributed by atoms with Crippen LogP contribution >= 0.6 is 7.49 Å². The Kier molecular flexibility index (Phi) is 19.4. The number of nitriles is 1. The summed E-state index contributed by atoms with van der Waals surface area (Å²) >= 11 is 0. The number of rotatable bonds is 7. The number of halogens is 4. The van der Waals surface area contributed by atoms with E-state index >= 15 is 0 Å². The molecule has 0 atom stereocenters. The van der Waals surface area contributed by atoms with E-state index in [1.807, 2.05) is 110 Å². The minimum atomic E-state index is -1.94. The predicted molar refractivity (Wildman–Crippen MR) is 217 cm³/mol. The standard InChI is InChI=1S/C16H19OP.2C14H14F2N.C2H3N.Ir/c1-3-14-17-18(2,15-10-6-4-7-11-15)16-12-8-5-9-13-16;2*1-9-4-5-17(3)13(6-9)14-10(2)7-11(15)8-12(14)16;1-2-3;/h4-13H,2-3,14H2,1H3;2*4-8H,1-3H3;1H3;/q;2*+1;;. The minimum Gasteiger partial charge on any atom is -0.258 e. The van der Waals surface area contributed by atoms with E-state index in [0.29, 0.717) is 22.3 Å². The molecule has 0 aliphatic heterocycles. The van der Waals surface area contributed by atoms with Crippen molar-refractivity contribution in [3.63, 3.8) is 0 Å². The largest absolute Gasteiger partial charge is 0.258 e. The van der Waals surface area contributed by atoms with Gasteiger partial charge in [0.15, 0.2) is 12.4 Å². The van der Waals surface area contributed by atoms with Crippen LogP contribution in [0.5, 0.6) is 0 Å². The van der Waals surface area contributed by atoms with Crippen LogP contribution in [-0.2, 0) is 38.7 Å². The van der Waals surface area contributed by atoms with Crippen molar-refractivity contribution in [3.05, 3.63) is 174 Å². The molecular weight excluding hydrogens is 910 g/mol. The van der Waals surface area contributed by atoms with E-state index in [2.05, 4.69) is 37.9 Å². The summed E-state index contributed by atoms with van der Waals surface area (Å²) in [6.45, 7) is 16.1. The third-order valence-corrected chi connectivity index (χ3v) is 11.4. The van der Waals surface area contributed by atoms with Crippen molar-refractivity contribution in [1.82, 2.24) is 0 Å². The van der Waals surface area contributed by atoms with Crippen LogP contribution in [0, 0.1) is 69.0 Å². The zero-order valence-corrected chi connectivity index (χ0v) is 36.5. The first-order valence-corrected chi connectivity index (χ1v) is 19.7. The molecule has 0 saturated carbocycles. The van der Waals surface area contributed by atoms with Gasteiger partial charge in [-0.05, 0) is 92.8 Å². The smallest absolute Gasteiger partial charge is 0.215 e. The topological polar surface area (TPSA) is 40.8 Å². The maximum absolute atomic E-state index is 13.9. The Hall–Kier alpha value is -4.57. The summed E-state index contributed by atoms with van der Waals surface area (Å²) in [5.74, 6) is -2.13. The molecule has 0 unspecified atom stereocenters. The molecule has 2 aromatic heterocycles. The van der Waals surface area contributed by atoms with E-state index in [0.717, 1.165) is 47.7 Å². The van der Waals surface area contributed by atoms with Crippen LogP contribution < -0.4 is 19.7 Å². The van der Waals surface area contributed by atoms with E-state index < -0.39 is 30.8 Å². The van der Waals surface area contributed by atoms with Gasteiger partial charge in [-0.2, -0.15) is 5.26 Å². The van der Waals surface area contributed by atoms with Crippen LogP contribution in [0.1, 0.15) is 42.5 Å². The first kappa shape index (κ1) is 47.6. The molecular formula is C46H50F4IrN3OP+2. The van der Waals surface area contributed by atoms with Gasteiger partial charge in [-0.25, -0.2) is 26.7 Å². The van der Waals surface area contributed by atoms with Crippen molar-refractivity contribution in [2.24, 2.45) is 14.1 Å². The van der Waals surface area contributed by atoms with Crippen molar-refractivity contribution >= 4 is 18.1 Å². The van der Waals surface area contributed by atoms with Gasteiger partial charge in [-0.1, -0.05) is 43.3 Å². The van der Waals surface area contributed by atoms with Crippen LogP contribution in [0.4, 0.5) is 17.6 Å². The molecule has 1 radical (unpaired) electrons. The van der Waals surface area contributed by atoms with Crippen LogP contribution in [0.2, 0.25) is 0 Å². The van der Waals surface area contributed by atoms with Gasteiger partial charge < -0.3 is 0 Å².